The summed E-state index contributed by atoms with van der Waals surface area (Å²) in [6.45, 7) is 1.51. The van der Waals surface area contributed by atoms with Gasteiger partial charge >= 0.3 is 5.97 Å². The highest BCUT2D eigenvalue weighted by Crippen LogP contribution is 2.25. The Morgan fingerprint density at radius 1 is 1.14 bits per heavy atom. The van der Waals surface area contributed by atoms with Gasteiger partial charge < -0.3 is 10.1 Å². The predicted molar refractivity (Wildman–Crippen MR) is 110 cm³/mol. The van der Waals surface area contributed by atoms with Crippen LogP contribution in [0.4, 0.5) is 0 Å². The summed E-state index contributed by atoms with van der Waals surface area (Å²) in [7, 11) is 0. The molecule has 2 aromatic carbocycles. The van der Waals surface area contributed by atoms with Gasteiger partial charge in [-0.15, -0.1) is 11.3 Å². The van der Waals surface area contributed by atoms with E-state index in [4.69, 9.17) is 16.3 Å². The van der Waals surface area contributed by atoms with Gasteiger partial charge in [0.05, 0.1) is 18.2 Å². The Morgan fingerprint density at radius 3 is 2.54 bits per heavy atom. The van der Waals surface area contributed by atoms with Crippen LogP contribution in [0, 0.1) is 0 Å². The number of carbonyl (C=O) groups is 2. The van der Waals surface area contributed by atoms with E-state index in [0.29, 0.717) is 10.7 Å². The van der Waals surface area contributed by atoms with Crippen LogP contribution >= 0.6 is 22.9 Å². The number of ether oxygens (including phenoxy) is 1. The molecular weight excluding hydrogens is 396 g/mol. The second-order valence-corrected chi connectivity index (χ2v) is 7.47. The summed E-state index contributed by atoms with van der Waals surface area (Å²) in [6.07, 6.45) is 0.0533. The first-order valence-corrected chi connectivity index (χ1v) is 9.95. The molecule has 1 amide bonds. The van der Waals surface area contributed by atoms with Gasteiger partial charge in [-0.2, -0.15) is 0 Å². The maximum Gasteiger partial charge on any atom is 0.308 e. The molecule has 1 aromatic heterocycles. The first-order chi connectivity index (χ1) is 13.5. The van der Waals surface area contributed by atoms with Crippen LogP contribution < -0.4 is 5.32 Å². The van der Waals surface area contributed by atoms with Gasteiger partial charge in [0.25, 0.3) is 0 Å². The van der Waals surface area contributed by atoms with Crippen LogP contribution in [0.2, 0.25) is 5.02 Å². The van der Waals surface area contributed by atoms with Crippen molar-refractivity contribution in [2.45, 2.75) is 26.0 Å². The molecule has 5 nitrogen and oxygen atoms in total. The molecule has 1 N–H and O–H groups in total. The van der Waals surface area contributed by atoms with Crippen LogP contribution in [0.15, 0.2) is 60.0 Å². The summed E-state index contributed by atoms with van der Waals surface area (Å²) in [4.78, 5) is 28.2. The van der Waals surface area contributed by atoms with E-state index in [1.807, 2.05) is 60.0 Å². The van der Waals surface area contributed by atoms with E-state index in [1.54, 1.807) is 0 Å². The molecule has 28 heavy (non-hydrogen) atoms. The third-order valence-corrected chi connectivity index (χ3v) is 5.17. The number of thiazole rings is 1. The number of rotatable bonds is 7. The first kappa shape index (κ1) is 20.0. The Morgan fingerprint density at radius 2 is 1.86 bits per heavy atom. The second-order valence-electron chi connectivity index (χ2n) is 6.18. The van der Waals surface area contributed by atoms with E-state index in [9.17, 15) is 9.59 Å². The zero-order chi connectivity index (χ0) is 19.9. The van der Waals surface area contributed by atoms with Gasteiger partial charge in [0, 0.05) is 22.9 Å². The normalized spacial score (nSPS) is 11.6. The minimum Gasteiger partial charge on any atom is -0.459 e. The van der Waals surface area contributed by atoms with Gasteiger partial charge in [-0.1, -0.05) is 54.1 Å². The molecule has 0 saturated heterocycles. The maximum atomic E-state index is 12.3. The number of esters is 1. The zero-order valence-electron chi connectivity index (χ0n) is 15.2. The summed E-state index contributed by atoms with van der Waals surface area (Å²) in [5.74, 6) is -0.600. The molecule has 0 bridgehead atoms. The van der Waals surface area contributed by atoms with Gasteiger partial charge in [-0.3, -0.25) is 9.59 Å². The van der Waals surface area contributed by atoms with Crippen LogP contribution in [-0.2, 0) is 20.9 Å². The van der Waals surface area contributed by atoms with E-state index < -0.39 is 12.0 Å². The fraction of sp³-hybridized carbons (Fsp3) is 0.190. The van der Waals surface area contributed by atoms with Crippen molar-refractivity contribution in [3.05, 3.63) is 76.3 Å². The van der Waals surface area contributed by atoms with Crippen molar-refractivity contribution in [3.8, 4) is 10.6 Å². The average Bonchev–Trinajstić information content (AvgIpc) is 3.16. The number of nitrogens with zero attached hydrogens (tertiary/aromatic N) is 1. The Labute approximate surface area is 172 Å². The monoisotopic (exact) mass is 414 g/mol. The van der Waals surface area contributed by atoms with E-state index in [1.165, 1.54) is 18.3 Å². The molecule has 0 radical (unpaired) electrons. The van der Waals surface area contributed by atoms with Crippen LogP contribution in [0.5, 0.6) is 0 Å². The van der Waals surface area contributed by atoms with Crippen molar-refractivity contribution < 1.29 is 14.3 Å². The highest BCUT2D eigenvalue weighted by Gasteiger charge is 2.18. The van der Waals surface area contributed by atoms with Crippen molar-refractivity contribution in [1.29, 1.82) is 0 Å². The molecule has 0 fully saturated rings. The smallest absolute Gasteiger partial charge is 0.308 e. The summed E-state index contributed by atoms with van der Waals surface area (Å²) < 4.78 is 5.36. The molecule has 0 aliphatic carbocycles. The van der Waals surface area contributed by atoms with Crippen LogP contribution in [0.25, 0.3) is 10.6 Å². The second kappa shape index (κ2) is 9.48. The van der Waals surface area contributed by atoms with Crippen LogP contribution in [0.1, 0.15) is 30.6 Å². The summed E-state index contributed by atoms with van der Waals surface area (Å²) in [5.41, 5.74) is 2.49. The van der Waals surface area contributed by atoms with Crippen molar-refractivity contribution in [1.82, 2.24) is 10.3 Å². The van der Waals surface area contributed by atoms with Gasteiger partial charge in [-0.25, -0.2) is 4.98 Å². The van der Waals surface area contributed by atoms with Gasteiger partial charge in [0.1, 0.15) is 11.6 Å². The lowest BCUT2D eigenvalue weighted by Crippen LogP contribution is -2.28. The molecule has 7 heteroatoms. The molecule has 0 spiro atoms. The Balaban J connectivity index is 1.58. The minimum atomic E-state index is -0.425. The molecule has 1 heterocycles. The third kappa shape index (κ3) is 5.65. The highest BCUT2D eigenvalue weighted by molar-refractivity contribution is 7.13. The number of hydrogen-bond donors (Lipinski definition) is 1. The van der Waals surface area contributed by atoms with Gasteiger partial charge in [-0.05, 0) is 17.7 Å². The van der Waals surface area contributed by atoms with Crippen LogP contribution in [0.3, 0.4) is 0 Å². The number of aromatic nitrogens is 1. The minimum absolute atomic E-state index is 0.0533. The number of benzene rings is 2. The van der Waals surface area contributed by atoms with E-state index in [-0.39, 0.29) is 18.9 Å². The zero-order valence-corrected chi connectivity index (χ0v) is 16.8. The molecule has 0 saturated carbocycles. The number of hydrogen-bond acceptors (Lipinski definition) is 5. The number of carbonyl (C=O) groups excluding carboxylic acids is 2. The average molecular weight is 415 g/mol. The largest absolute Gasteiger partial charge is 0.459 e. The van der Waals surface area contributed by atoms with Crippen molar-refractivity contribution >= 4 is 34.8 Å². The molecule has 3 aromatic rings. The fourth-order valence-corrected chi connectivity index (χ4v) is 3.60. The summed E-state index contributed by atoms with van der Waals surface area (Å²) in [5, 5.41) is 6.16. The Hall–Kier alpha value is -2.70. The fourth-order valence-electron chi connectivity index (χ4n) is 2.66. The quantitative estimate of drug-likeness (QED) is 0.565. The number of halogens is 1. The van der Waals surface area contributed by atoms with Gasteiger partial charge in [0.15, 0.2) is 0 Å². The first-order valence-electron chi connectivity index (χ1n) is 8.69. The predicted octanol–water partition coefficient (Wildman–Crippen LogP) is 4.77. The SMILES string of the molecule is CC(=O)N[C@H](CC(=O)OCc1csc(-c2ccc(Cl)cc2)n1)c1ccccc1. The molecular formula is C21H19ClN2O3S. The van der Waals surface area contributed by atoms with Gasteiger partial charge in [0.2, 0.25) is 5.91 Å². The standard InChI is InChI=1S/C21H19ClN2O3S/c1-14(25)23-19(15-5-3-2-4-6-15)11-20(26)27-12-18-13-28-21(24-18)16-7-9-17(22)10-8-16/h2-10,13,19H,11-12H2,1H3,(H,23,25)/t19-/m1/s1. The van der Waals surface area contributed by atoms with E-state index in [0.717, 1.165) is 16.1 Å². The Bertz CT molecular complexity index is 942. The molecule has 3 rings (SSSR count). The van der Waals surface area contributed by atoms with Crippen molar-refractivity contribution in [2.24, 2.45) is 0 Å². The number of amides is 1. The summed E-state index contributed by atoms with van der Waals surface area (Å²) in [6, 6.07) is 16.3. The molecule has 0 unspecified atom stereocenters. The van der Waals surface area contributed by atoms with Crippen molar-refractivity contribution in [2.75, 3.05) is 0 Å². The molecule has 0 aliphatic rings. The topological polar surface area (TPSA) is 68.3 Å². The summed E-state index contributed by atoms with van der Waals surface area (Å²) >= 11 is 7.38. The van der Waals surface area contributed by atoms with Crippen LogP contribution in [-0.4, -0.2) is 16.9 Å². The van der Waals surface area contributed by atoms with E-state index >= 15 is 0 Å². The Kier molecular flexibility index (Phi) is 6.79. The third-order valence-electron chi connectivity index (χ3n) is 3.97. The highest BCUT2D eigenvalue weighted by atomic mass is 35.5. The lowest BCUT2D eigenvalue weighted by molar-refractivity contribution is -0.145. The van der Waals surface area contributed by atoms with E-state index in [2.05, 4.69) is 10.3 Å². The number of nitrogens with one attached hydrogen (secondary N) is 1. The van der Waals surface area contributed by atoms with Crippen molar-refractivity contribution in [3.63, 3.8) is 0 Å². The lowest BCUT2D eigenvalue weighted by atomic mass is 10.0. The lowest BCUT2D eigenvalue weighted by Gasteiger charge is -2.17. The maximum absolute atomic E-state index is 12.3. The molecule has 1 atom stereocenters. The molecule has 144 valence electrons. The molecule has 0 aliphatic heterocycles.